The van der Waals surface area contributed by atoms with Crippen molar-refractivity contribution in [3.63, 3.8) is 0 Å². The zero-order chi connectivity index (χ0) is 10.5. The number of aliphatic imine (C=N–C) groups is 1. The van der Waals surface area contributed by atoms with Gasteiger partial charge in [0.15, 0.2) is 0 Å². The molecule has 0 radical (unpaired) electrons. The fourth-order valence-electron chi connectivity index (χ4n) is 2.07. The molecule has 2 nitrogen and oxygen atoms in total. The zero-order valence-corrected chi connectivity index (χ0v) is 8.47. The minimum atomic E-state index is 0.0647. The van der Waals surface area contributed by atoms with Crippen molar-refractivity contribution in [1.82, 2.24) is 0 Å². The molecule has 0 spiro atoms. The molecule has 76 valence electrons. The Kier molecular flexibility index (Phi) is 3.11. The van der Waals surface area contributed by atoms with Crippen molar-refractivity contribution in [2.75, 3.05) is 0 Å². The van der Waals surface area contributed by atoms with Crippen molar-refractivity contribution in [2.45, 2.75) is 24.8 Å². The second-order valence-corrected chi connectivity index (χ2v) is 3.75. The van der Waals surface area contributed by atoms with E-state index in [4.69, 9.17) is 0 Å². The normalized spacial score (nSPS) is 24.5. The van der Waals surface area contributed by atoms with Crippen LogP contribution < -0.4 is 0 Å². The van der Waals surface area contributed by atoms with Crippen LogP contribution in [0.5, 0.6) is 0 Å². The molecule has 0 saturated heterocycles. The van der Waals surface area contributed by atoms with Gasteiger partial charge in [0.05, 0.1) is 6.04 Å². The molecular formula is C13H13NO. The average Bonchev–Trinajstić information content (AvgIpc) is 2.31. The number of carbonyl (C=O) groups excluding carboxylic acids is 1. The largest absolute Gasteiger partial charge is 0.235 e. The molecule has 0 aliphatic heterocycles. The van der Waals surface area contributed by atoms with Gasteiger partial charge in [-0.15, -0.1) is 0 Å². The van der Waals surface area contributed by atoms with Crippen LogP contribution in [-0.2, 0) is 4.79 Å². The van der Waals surface area contributed by atoms with Gasteiger partial charge in [0.25, 0.3) is 0 Å². The Morgan fingerprint density at radius 3 is 2.60 bits per heavy atom. The molecule has 0 unspecified atom stereocenters. The van der Waals surface area contributed by atoms with Crippen LogP contribution in [0.15, 0.2) is 47.5 Å². The number of isocyanates is 1. The minimum Gasteiger partial charge on any atom is -0.211 e. The number of benzene rings is 1. The van der Waals surface area contributed by atoms with Crippen LogP contribution in [0.3, 0.4) is 0 Å². The van der Waals surface area contributed by atoms with Crippen molar-refractivity contribution >= 4 is 6.08 Å². The quantitative estimate of drug-likeness (QED) is 0.409. The monoisotopic (exact) mass is 199 g/mol. The van der Waals surface area contributed by atoms with Crippen molar-refractivity contribution in [3.05, 3.63) is 48.0 Å². The number of allylic oxidation sites excluding steroid dienone is 1. The lowest BCUT2D eigenvalue weighted by molar-refractivity contribution is 0.508. The van der Waals surface area contributed by atoms with Gasteiger partial charge >= 0.3 is 0 Å². The maximum absolute atomic E-state index is 10.3. The third kappa shape index (κ3) is 2.23. The third-order valence-electron chi connectivity index (χ3n) is 2.84. The van der Waals surface area contributed by atoms with E-state index >= 15 is 0 Å². The van der Waals surface area contributed by atoms with E-state index in [0.29, 0.717) is 5.92 Å². The van der Waals surface area contributed by atoms with Gasteiger partial charge in [0.1, 0.15) is 0 Å². The lowest BCUT2D eigenvalue weighted by Gasteiger charge is -2.24. The highest BCUT2D eigenvalue weighted by molar-refractivity contribution is 5.35. The van der Waals surface area contributed by atoms with Gasteiger partial charge in [0, 0.05) is 5.92 Å². The van der Waals surface area contributed by atoms with Crippen LogP contribution >= 0.6 is 0 Å². The van der Waals surface area contributed by atoms with Crippen molar-refractivity contribution in [1.29, 1.82) is 0 Å². The Balaban J connectivity index is 2.26. The molecule has 0 heterocycles. The summed E-state index contributed by atoms with van der Waals surface area (Å²) in [4.78, 5) is 14.2. The van der Waals surface area contributed by atoms with Crippen LogP contribution in [0.1, 0.15) is 24.3 Å². The molecule has 0 aromatic heterocycles. The first-order valence-corrected chi connectivity index (χ1v) is 5.18. The Morgan fingerprint density at radius 2 is 1.87 bits per heavy atom. The smallest absolute Gasteiger partial charge is 0.211 e. The standard InChI is InChI=1S/C13H13NO/c15-10-14-13-9-5-4-8-12(13)11-6-2-1-3-7-11/h1-7,12-13H,8-9H2/t12-,13+/m1/s1. The molecule has 1 aliphatic carbocycles. The summed E-state index contributed by atoms with van der Waals surface area (Å²) in [6.07, 6.45) is 7.73. The molecule has 15 heavy (non-hydrogen) atoms. The van der Waals surface area contributed by atoms with Crippen molar-refractivity contribution < 1.29 is 4.79 Å². The van der Waals surface area contributed by atoms with E-state index in [1.807, 2.05) is 18.2 Å². The van der Waals surface area contributed by atoms with Gasteiger partial charge in [-0.1, -0.05) is 42.5 Å². The van der Waals surface area contributed by atoms with Gasteiger partial charge in [-0.25, -0.2) is 9.79 Å². The molecule has 1 aromatic carbocycles. The summed E-state index contributed by atoms with van der Waals surface area (Å²) in [6.45, 7) is 0. The Morgan fingerprint density at radius 1 is 1.13 bits per heavy atom. The molecule has 0 saturated carbocycles. The molecule has 0 bridgehead atoms. The topological polar surface area (TPSA) is 29.4 Å². The predicted molar refractivity (Wildman–Crippen MR) is 59.5 cm³/mol. The molecule has 0 N–H and O–H groups in total. The zero-order valence-electron chi connectivity index (χ0n) is 8.47. The molecule has 1 aliphatic rings. The highest BCUT2D eigenvalue weighted by Crippen LogP contribution is 2.31. The van der Waals surface area contributed by atoms with E-state index in [0.717, 1.165) is 12.8 Å². The first-order chi connectivity index (χ1) is 7.42. The molecule has 2 atom stereocenters. The van der Waals surface area contributed by atoms with Gasteiger partial charge < -0.3 is 0 Å². The van der Waals surface area contributed by atoms with Crippen LogP contribution in [0.2, 0.25) is 0 Å². The van der Waals surface area contributed by atoms with E-state index in [9.17, 15) is 4.79 Å². The van der Waals surface area contributed by atoms with Gasteiger partial charge in [-0.3, -0.25) is 0 Å². The first-order valence-electron chi connectivity index (χ1n) is 5.18. The van der Waals surface area contributed by atoms with Crippen molar-refractivity contribution in [3.8, 4) is 0 Å². The summed E-state index contributed by atoms with van der Waals surface area (Å²) < 4.78 is 0. The van der Waals surface area contributed by atoms with Crippen LogP contribution in [-0.4, -0.2) is 12.1 Å². The number of nitrogens with zero attached hydrogens (tertiary/aromatic N) is 1. The molecule has 0 amide bonds. The van der Waals surface area contributed by atoms with Crippen LogP contribution in [0.4, 0.5) is 0 Å². The summed E-state index contributed by atoms with van der Waals surface area (Å²) in [5, 5.41) is 0. The van der Waals surface area contributed by atoms with Crippen molar-refractivity contribution in [2.24, 2.45) is 4.99 Å². The van der Waals surface area contributed by atoms with Crippen LogP contribution in [0.25, 0.3) is 0 Å². The Hall–Kier alpha value is -1.66. The Labute approximate surface area is 89.3 Å². The lowest BCUT2D eigenvalue weighted by Crippen LogP contribution is -2.18. The summed E-state index contributed by atoms with van der Waals surface area (Å²) in [5.41, 5.74) is 1.26. The van der Waals surface area contributed by atoms with Gasteiger partial charge in [-0.2, -0.15) is 0 Å². The molecule has 2 heteroatoms. The van der Waals surface area contributed by atoms with Gasteiger partial charge in [0.2, 0.25) is 6.08 Å². The van der Waals surface area contributed by atoms with Crippen LogP contribution in [0, 0.1) is 0 Å². The summed E-state index contributed by atoms with van der Waals surface area (Å²) in [7, 11) is 0. The lowest BCUT2D eigenvalue weighted by atomic mass is 9.84. The number of hydrogen-bond acceptors (Lipinski definition) is 2. The SMILES string of the molecule is O=C=N[C@H]1CC=CC[C@@H]1c1ccccc1. The second-order valence-electron chi connectivity index (χ2n) is 3.75. The Bertz CT molecular complexity index is 390. The first kappa shape index (κ1) is 9.88. The van der Waals surface area contributed by atoms with E-state index in [1.165, 1.54) is 5.56 Å². The highest BCUT2D eigenvalue weighted by atomic mass is 16.1. The second kappa shape index (κ2) is 4.72. The molecular weight excluding hydrogens is 186 g/mol. The molecule has 2 rings (SSSR count). The summed E-state index contributed by atoms with van der Waals surface area (Å²) in [6, 6.07) is 10.3. The maximum atomic E-state index is 10.3. The third-order valence-corrected chi connectivity index (χ3v) is 2.84. The number of rotatable bonds is 2. The van der Waals surface area contributed by atoms with E-state index in [2.05, 4.69) is 29.3 Å². The van der Waals surface area contributed by atoms with Gasteiger partial charge in [-0.05, 0) is 18.4 Å². The predicted octanol–water partition coefficient (Wildman–Crippen LogP) is 2.82. The summed E-state index contributed by atoms with van der Waals surface area (Å²) >= 11 is 0. The fraction of sp³-hybridized carbons (Fsp3) is 0.308. The summed E-state index contributed by atoms with van der Waals surface area (Å²) in [5.74, 6) is 0.331. The van der Waals surface area contributed by atoms with E-state index in [1.54, 1.807) is 6.08 Å². The molecule has 0 fully saturated rings. The maximum Gasteiger partial charge on any atom is 0.235 e. The van der Waals surface area contributed by atoms with E-state index in [-0.39, 0.29) is 6.04 Å². The average molecular weight is 199 g/mol. The van der Waals surface area contributed by atoms with E-state index < -0.39 is 0 Å². The molecule has 1 aromatic rings. The number of hydrogen-bond donors (Lipinski definition) is 0. The fourth-order valence-corrected chi connectivity index (χ4v) is 2.07. The highest BCUT2D eigenvalue weighted by Gasteiger charge is 2.23. The minimum absolute atomic E-state index is 0.0647.